The lowest BCUT2D eigenvalue weighted by atomic mass is 9.80. The molecule has 1 aliphatic heterocycles. The van der Waals surface area contributed by atoms with Gasteiger partial charge >= 0.3 is 14.5 Å². The van der Waals surface area contributed by atoms with Gasteiger partial charge in [0.1, 0.15) is 12.0 Å². The lowest BCUT2D eigenvalue weighted by Gasteiger charge is -2.27. The van der Waals surface area contributed by atoms with Crippen LogP contribution in [0.5, 0.6) is 0 Å². The predicted octanol–water partition coefficient (Wildman–Crippen LogP) is 3.91. The molecular weight excluding hydrogens is 460 g/mol. The second-order valence-corrected chi connectivity index (χ2v) is 8.71. The van der Waals surface area contributed by atoms with E-state index in [4.69, 9.17) is 21.8 Å². The first kappa shape index (κ1) is 25.8. The zero-order chi connectivity index (χ0) is 24.7. The largest absolute Gasteiger partial charge is 0.450 e. The molecule has 0 aromatic heterocycles. The summed E-state index contributed by atoms with van der Waals surface area (Å²) in [6, 6.07) is 11.2. The Balaban J connectivity index is 1.84. The minimum atomic E-state index is -1.08. The molecule has 1 saturated heterocycles. The summed E-state index contributed by atoms with van der Waals surface area (Å²) in [6.45, 7) is 1.45. The van der Waals surface area contributed by atoms with Crippen molar-refractivity contribution in [1.82, 2.24) is 4.81 Å². The van der Waals surface area contributed by atoms with Gasteiger partial charge in [0.2, 0.25) is 5.91 Å². The van der Waals surface area contributed by atoms with E-state index in [2.05, 4.69) is 10.0 Å². The number of carbonyl (C=O) groups is 2. The van der Waals surface area contributed by atoms with Crippen LogP contribution in [0, 0.1) is 11.2 Å². The zero-order valence-electron chi connectivity index (χ0n) is 18.6. The van der Waals surface area contributed by atoms with Crippen LogP contribution < -0.4 is 0 Å². The third-order valence-corrected chi connectivity index (χ3v) is 6.18. The van der Waals surface area contributed by atoms with E-state index in [1.807, 2.05) is 12.1 Å². The van der Waals surface area contributed by atoms with Gasteiger partial charge in [0.15, 0.2) is 0 Å². The van der Waals surface area contributed by atoms with Crippen molar-refractivity contribution in [3.63, 3.8) is 0 Å². The number of nitrogens with zero attached hydrogens (tertiary/aromatic N) is 4. The third kappa shape index (κ3) is 5.98. The second kappa shape index (κ2) is 11.5. The van der Waals surface area contributed by atoms with Gasteiger partial charge in [-0.3, -0.25) is 4.79 Å². The van der Waals surface area contributed by atoms with Gasteiger partial charge in [-0.1, -0.05) is 41.0 Å². The van der Waals surface area contributed by atoms with Crippen molar-refractivity contribution in [2.45, 2.75) is 32.1 Å². The fraction of sp³-hybridized carbons (Fsp3) is 0.364. The number of halogens is 2. The summed E-state index contributed by atoms with van der Waals surface area (Å²) in [6.07, 6.45) is 1.55. The first-order valence-corrected chi connectivity index (χ1v) is 11.1. The summed E-state index contributed by atoms with van der Waals surface area (Å²) in [4.78, 5) is 28.7. The number of benzene rings is 2. The van der Waals surface area contributed by atoms with Crippen LogP contribution in [0.3, 0.4) is 0 Å². The molecule has 3 rings (SSSR count). The molecule has 1 unspecified atom stereocenters. The molecule has 2 aromatic rings. The Labute approximate surface area is 203 Å². The Kier molecular flexibility index (Phi) is 8.74. The molecule has 0 bridgehead atoms. The number of amides is 1. The number of hydrogen-bond donors (Lipinski definition) is 1. The van der Waals surface area contributed by atoms with E-state index in [0.29, 0.717) is 35.2 Å². The zero-order valence-corrected chi connectivity index (χ0v) is 19.4. The maximum absolute atomic E-state index is 14.2. The standard InChI is InChI=1S/C22H23B2ClFN4O4/c1-24(33)34-13-22(8-9-28-29-27)12-18(30(21(22)32)23-14-31)10-15-2-4-16(5-3-15)19-11-17(25)6-7-20(19)26/h2-7,11,14,18,33H,8-10,12-13H2,1H3/t18-,22?/m1/s1. The van der Waals surface area contributed by atoms with Gasteiger partial charge in [0.05, 0.1) is 5.41 Å². The summed E-state index contributed by atoms with van der Waals surface area (Å²) >= 11 is 6.00. The number of hydrogen-bond acceptors (Lipinski definition) is 5. The Morgan fingerprint density at radius 1 is 1.41 bits per heavy atom. The van der Waals surface area contributed by atoms with E-state index in [-0.39, 0.29) is 37.3 Å². The maximum atomic E-state index is 14.2. The lowest BCUT2D eigenvalue weighted by Crippen LogP contribution is -2.43. The highest BCUT2D eigenvalue weighted by molar-refractivity contribution is 6.66. The molecular formula is C22H23B2ClFN4O4. The quantitative estimate of drug-likeness (QED) is 0.171. The highest BCUT2D eigenvalue weighted by atomic mass is 35.5. The summed E-state index contributed by atoms with van der Waals surface area (Å²) in [5, 5.41) is 13.6. The van der Waals surface area contributed by atoms with Crippen molar-refractivity contribution in [2.75, 3.05) is 13.2 Å². The lowest BCUT2D eigenvalue weighted by molar-refractivity contribution is -0.134. The molecule has 1 fully saturated rings. The maximum Gasteiger partial charge on any atom is 0.450 e. The van der Waals surface area contributed by atoms with E-state index in [0.717, 1.165) is 5.56 Å². The number of azide groups is 1. The third-order valence-electron chi connectivity index (χ3n) is 5.95. The molecule has 2 aromatic carbocycles. The van der Waals surface area contributed by atoms with Crippen LogP contribution >= 0.6 is 11.6 Å². The molecule has 8 nitrogen and oxygen atoms in total. The van der Waals surface area contributed by atoms with Gasteiger partial charge in [0, 0.05) is 34.7 Å². The molecule has 0 saturated carbocycles. The average molecular weight is 484 g/mol. The molecule has 34 heavy (non-hydrogen) atoms. The first-order chi connectivity index (χ1) is 16.3. The smallest absolute Gasteiger partial charge is 0.427 e. The van der Waals surface area contributed by atoms with Crippen molar-refractivity contribution >= 4 is 38.2 Å². The Morgan fingerprint density at radius 2 is 2.15 bits per heavy atom. The second-order valence-electron chi connectivity index (χ2n) is 8.28. The molecule has 175 valence electrons. The minimum Gasteiger partial charge on any atom is -0.427 e. The van der Waals surface area contributed by atoms with Crippen LogP contribution in [0.15, 0.2) is 47.6 Å². The summed E-state index contributed by atoms with van der Waals surface area (Å²) in [7, 11) is 0.117. The van der Waals surface area contributed by atoms with Gasteiger partial charge < -0.3 is 19.3 Å². The normalized spacial score (nSPS) is 19.6. The molecule has 0 aliphatic carbocycles. The van der Waals surface area contributed by atoms with E-state index >= 15 is 0 Å². The summed E-state index contributed by atoms with van der Waals surface area (Å²) < 4.78 is 19.6. The number of rotatable bonds is 11. The number of carbonyl (C=O) groups excluding carboxylic acids is 2. The average Bonchev–Trinajstić information content (AvgIpc) is 3.06. The Bertz CT molecular complexity index is 1090. The van der Waals surface area contributed by atoms with Crippen molar-refractivity contribution in [3.05, 3.63) is 69.3 Å². The predicted molar refractivity (Wildman–Crippen MR) is 129 cm³/mol. The monoisotopic (exact) mass is 483 g/mol. The fourth-order valence-electron chi connectivity index (χ4n) is 4.30. The molecule has 1 aliphatic rings. The van der Waals surface area contributed by atoms with Gasteiger partial charge in [-0.15, -0.1) is 0 Å². The van der Waals surface area contributed by atoms with Crippen LogP contribution in [0.2, 0.25) is 11.8 Å². The van der Waals surface area contributed by atoms with E-state index in [1.165, 1.54) is 31.2 Å². The molecule has 1 heterocycles. The van der Waals surface area contributed by atoms with Crippen LogP contribution in [-0.4, -0.2) is 55.7 Å². The van der Waals surface area contributed by atoms with Crippen molar-refractivity contribution in [1.29, 1.82) is 0 Å². The highest BCUT2D eigenvalue weighted by Crippen LogP contribution is 2.41. The van der Waals surface area contributed by atoms with E-state index < -0.39 is 12.5 Å². The topological polar surface area (TPSA) is 116 Å². The van der Waals surface area contributed by atoms with E-state index in [1.54, 1.807) is 18.2 Å². The highest BCUT2D eigenvalue weighted by Gasteiger charge is 2.51. The van der Waals surface area contributed by atoms with Crippen LogP contribution in [0.25, 0.3) is 21.6 Å². The molecule has 1 N–H and O–H groups in total. The SMILES string of the molecule is CB(O)OCC1(CCN=[N+]=[N-])C[C@@H](Cc2ccc(-c3cc(Cl)ccc3F)cc2)N([B]C=O)C1=O. The first-order valence-electron chi connectivity index (χ1n) is 10.8. The minimum absolute atomic E-state index is 0.0723. The fourth-order valence-corrected chi connectivity index (χ4v) is 4.48. The molecule has 12 heteroatoms. The van der Waals surface area contributed by atoms with Crippen LogP contribution in [0.1, 0.15) is 18.4 Å². The Hall–Kier alpha value is -2.84. The summed E-state index contributed by atoms with van der Waals surface area (Å²) in [5.74, 6) is -0.704. The van der Waals surface area contributed by atoms with Crippen LogP contribution in [0.4, 0.5) is 4.39 Å². The molecule has 0 spiro atoms. The van der Waals surface area contributed by atoms with Crippen molar-refractivity contribution in [3.8, 4) is 11.1 Å². The van der Waals surface area contributed by atoms with Crippen molar-refractivity contribution in [2.24, 2.45) is 10.5 Å². The van der Waals surface area contributed by atoms with Crippen LogP contribution in [-0.2, 0) is 20.7 Å². The summed E-state index contributed by atoms with van der Waals surface area (Å²) in [5.41, 5.74) is 9.53. The van der Waals surface area contributed by atoms with Gasteiger partial charge in [0.25, 0.3) is 0 Å². The van der Waals surface area contributed by atoms with Gasteiger partial charge in [-0.2, -0.15) is 0 Å². The van der Waals surface area contributed by atoms with Crippen molar-refractivity contribution < 1.29 is 23.7 Å². The van der Waals surface area contributed by atoms with E-state index in [9.17, 15) is 19.0 Å². The van der Waals surface area contributed by atoms with Gasteiger partial charge in [-0.05, 0) is 60.9 Å². The molecule has 2 atom stereocenters. The Morgan fingerprint density at radius 3 is 2.79 bits per heavy atom. The molecule has 1 radical (unpaired) electrons. The molecule has 1 amide bonds. The van der Waals surface area contributed by atoms with Gasteiger partial charge in [-0.25, -0.2) is 4.39 Å².